The zero-order chi connectivity index (χ0) is 18.4. The SMILES string of the molecule is CC(C)(C)OC(=O)NCC(=O)N1CCCC(CN2CCC(O)CC2)C1. The molecule has 0 aromatic heterocycles. The Labute approximate surface area is 150 Å². The molecule has 2 N–H and O–H groups in total. The summed E-state index contributed by atoms with van der Waals surface area (Å²) < 4.78 is 5.16. The first-order valence-corrected chi connectivity index (χ1v) is 9.38. The van der Waals surface area contributed by atoms with E-state index in [4.69, 9.17) is 4.74 Å². The minimum absolute atomic E-state index is 0.0163. The lowest BCUT2D eigenvalue weighted by molar-refractivity contribution is -0.132. The summed E-state index contributed by atoms with van der Waals surface area (Å²) in [6.07, 6.45) is 3.10. The Kier molecular flexibility index (Phi) is 7.07. The van der Waals surface area contributed by atoms with E-state index in [9.17, 15) is 14.7 Å². The number of nitrogens with one attached hydrogen (secondary N) is 1. The number of piperidine rings is 2. The van der Waals surface area contributed by atoms with Crippen LogP contribution >= 0.6 is 0 Å². The van der Waals surface area contributed by atoms with E-state index in [-0.39, 0.29) is 18.6 Å². The predicted molar refractivity (Wildman–Crippen MR) is 95.2 cm³/mol. The molecule has 2 aliphatic rings. The van der Waals surface area contributed by atoms with E-state index in [0.717, 1.165) is 58.4 Å². The highest BCUT2D eigenvalue weighted by atomic mass is 16.6. The molecule has 0 aromatic carbocycles. The third-order valence-electron chi connectivity index (χ3n) is 4.73. The van der Waals surface area contributed by atoms with Gasteiger partial charge in [0.25, 0.3) is 0 Å². The first-order chi connectivity index (χ1) is 11.7. The standard InChI is InChI=1S/C18H33N3O4/c1-18(2,3)25-17(24)19-11-16(23)21-8-4-5-14(13-21)12-20-9-6-15(22)7-10-20/h14-15,22H,4-13H2,1-3H3,(H,19,24). The highest BCUT2D eigenvalue weighted by Gasteiger charge is 2.27. The molecule has 7 heteroatoms. The summed E-state index contributed by atoms with van der Waals surface area (Å²) >= 11 is 0. The molecular weight excluding hydrogens is 322 g/mol. The molecule has 1 unspecified atom stereocenters. The zero-order valence-corrected chi connectivity index (χ0v) is 15.8. The maximum Gasteiger partial charge on any atom is 0.408 e. The average Bonchev–Trinajstić information content (AvgIpc) is 2.53. The first kappa shape index (κ1) is 20.0. The van der Waals surface area contributed by atoms with Gasteiger partial charge in [0.15, 0.2) is 0 Å². The van der Waals surface area contributed by atoms with Crippen LogP contribution < -0.4 is 5.32 Å². The summed E-state index contributed by atoms with van der Waals surface area (Å²) in [6, 6.07) is 0. The van der Waals surface area contributed by atoms with Crippen LogP contribution in [0.4, 0.5) is 4.79 Å². The fourth-order valence-corrected chi connectivity index (χ4v) is 3.48. The third kappa shape index (κ3) is 7.20. The van der Waals surface area contributed by atoms with Gasteiger partial charge >= 0.3 is 6.09 Å². The Bertz CT molecular complexity index is 456. The minimum Gasteiger partial charge on any atom is -0.444 e. The van der Waals surface area contributed by atoms with Gasteiger partial charge in [0.1, 0.15) is 12.1 Å². The largest absolute Gasteiger partial charge is 0.444 e. The maximum absolute atomic E-state index is 12.4. The number of aliphatic hydroxyl groups is 1. The molecule has 0 spiro atoms. The number of carbonyl (C=O) groups is 2. The molecule has 144 valence electrons. The van der Waals surface area contributed by atoms with Gasteiger partial charge in [-0.15, -0.1) is 0 Å². The number of hydrogen-bond acceptors (Lipinski definition) is 5. The summed E-state index contributed by atoms with van der Waals surface area (Å²) in [5, 5.41) is 12.1. The zero-order valence-electron chi connectivity index (χ0n) is 15.8. The van der Waals surface area contributed by atoms with Gasteiger partial charge in [0, 0.05) is 32.7 Å². The molecule has 2 saturated heterocycles. The number of hydrogen-bond donors (Lipinski definition) is 2. The number of rotatable bonds is 4. The van der Waals surface area contributed by atoms with Gasteiger partial charge in [0.2, 0.25) is 5.91 Å². The van der Waals surface area contributed by atoms with Crippen molar-refractivity contribution in [2.45, 2.75) is 58.2 Å². The van der Waals surface area contributed by atoms with E-state index in [1.165, 1.54) is 0 Å². The van der Waals surface area contributed by atoms with Gasteiger partial charge in [-0.3, -0.25) is 4.79 Å². The third-order valence-corrected chi connectivity index (χ3v) is 4.73. The normalized spacial score (nSPS) is 23.4. The molecule has 0 aromatic rings. The van der Waals surface area contributed by atoms with E-state index < -0.39 is 11.7 Å². The second-order valence-corrected chi connectivity index (χ2v) is 8.24. The van der Waals surface area contributed by atoms with Crippen LogP contribution in [0.15, 0.2) is 0 Å². The summed E-state index contributed by atoms with van der Waals surface area (Å²) in [7, 11) is 0. The van der Waals surface area contributed by atoms with Crippen molar-refractivity contribution in [3.8, 4) is 0 Å². The molecule has 2 rings (SSSR count). The van der Waals surface area contributed by atoms with Crippen LogP contribution in [-0.2, 0) is 9.53 Å². The second kappa shape index (κ2) is 8.85. The lowest BCUT2D eigenvalue weighted by Crippen LogP contribution is -2.48. The minimum atomic E-state index is -0.564. The highest BCUT2D eigenvalue weighted by molar-refractivity contribution is 5.82. The molecular formula is C18H33N3O4. The topological polar surface area (TPSA) is 82.1 Å². The molecule has 1 atom stereocenters. The van der Waals surface area contributed by atoms with Crippen LogP contribution in [0.1, 0.15) is 46.5 Å². The number of likely N-dealkylation sites (tertiary alicyclic amines) is 2. The van der Waals surface area contributed by atoms with Gasteiger partial charge in [-0.2, -0.15) is 0 Å². The van der Waals surface area contributed by atoms with Crippen molar-refractivity contribution in [2.75, 3.05) is 39.3 Å². The van der Waals surface area contributed by atoms with E-state index in [2.05, 4.69) is 10.2 Å². The van der Waals surface area contributed by atoms with Crippen molar-refractivity contribution < 1.29 is 19.4 Å². The molecule has 7 nitrogen and oxygen atoms in total. The Morgan fingerprint density at radius 3 is 2.48 bits per heavy atom. The average molecular weight is 355 g/mol. The number of carbonyl (C=O) groups excluding carboxylic acids is 2. The van der Waals surface area contributed by atoms with Crippen LogP contribution in [0, 0.1) is 5.92 Å². The Balaban J connectivity index is 1.72. The maximum atomic E-state index is 12.4. The van der Waals surface area contributed by atoms with E-state index in [0.29, 0.717) is 5.92 Å². The van der Waals surface area contributed by atoms with Crippen molar-refractivity contribution in [3.05, 3.63) is 0 Å². The molecule has 0 radical (unpaired) electrons. The number of ether oxygens (including phenoxy) is 1. The Morgan fingerprint density at radius 2 is 1.84 bits per heavy atom. The fourth-order valence-electron chi connectivity index (χ4n) is 3.48. The first-order valence-electron chi connectivity index (χ1n) is 9.38. The Morgan fingerprint density at radius 1 is 1.16 bits per heavy atom. The van der Waals surface area contributed by atoms with Gasteiger partial charge in [-0.1, -0.05) is 0 Å². The number of alkyl carbamates (subject to hydrolysis) is 1. The van der Waals surface area contributed by atoms with Crippen LogP contribution in [-0.4, -0.2) is 77.9 Å². The molecule has 0 aliphatic carbocycles. The van der Waals surface area contributed by atoms with E-state index in [1.807, 2.05) is 4.90 Å². The smallest absolute Gasteiger partial charge is 0.408 e. The van der Waals surface area contributed by atoms with Crippen molar-refractivity contribution in [3.63, 3.8) is 0 Å². The monoisotopic (exact) mass is 355 g/mol. The summed E-state index contributed by atoms with van der Waals surface area (Å²) in [5.74, 6) is 0.416. The molecule has 0 saturated carbocycles. The molecule has 2 aliphatic heterocycles. The van der Waals surface area contributed by atoms with Crippen LogP contribution in [0.5, 0.6) is 0 Å². The number of nitrogens with zero attached hydrogens (tertiary/aromatic N) is 2. The number of amides is 2. The lowest BCUT2D eigenvalue weighted by atomic mass is 9.96. The van der Waals surface area contributed by atoms with Gasteiger partial charge in [-0.05, 0) is 52.4 Å². The van der Waals surface area contributed by atoms with Crippen LogP contribution in [0.25, 0.3) is 0 Å². The molecule has 2 fully saturated rings. The van der Waals surface area contributed by atoms with Gasteiger partial charge < -0.3 is 25.0 Å². The summed E-state index contributed by atoms with van der Waals surface area (Å²) in [5.41, 5.74) is -0.564. The predicted octanol–water partition coefficient (Wildman–Crippen LogP) is 1.21. The van der Waals surface area contributed by atoms with E-state index >= 15 is 0 Å². The molecule has 2 heterocycles. The summed E-state index contributed by atoms with van der Waals surface area (Å²) in [4.78, 5) is 28.3. The fraction of sp³-hybridized carbons (Fsp3) is 0.889. The lowest BCUT2D eigenvalue weighted by Gasteiger charge is -2.37. The van der Waals surface area contributed by atoms with Crippen molar-refractivity contribution in [1.82, 2.24) is 15.1 Å². The number of aliphatic hydroxyl groups excluding tert-OH is 1. The highest BCUT2D eigenvalue weighted by Crippen LogP contribution is 2.20. The van der Waals surface area contributed by atoms with Crippen LogP contribution in [0.2, 0.25) is 0 Å². The molecule has 25 heavy (non-hydrogen) atoms. The van der Waals surface area contributed by atoms with E-state index in [1.54, 1.807) is 20.8 Å². The van der Waals surface area contributed by atoms with Crippen molar-refractivity contribution in [2.24, 2.45) is 5.92 Å². The van der Waals surface area contributed by atoms with Crippen molar-refractivity contribution >= 4 is 12.0 Å². The molecule has 0 bridgehead atoms. The Hall–Kier alpha value is -1.34. The quantitative estimate of drug-likeness (QED) is 0.792. The second-order valence-electron chi connectivity index (χ2n) is 8.24. The van der Waals surface area contributed by atoms with Gasteiger partial charge in [-0.25, -0.2) is 4.79 Å². The summed E-state index contributed by atoms with van der Waals surface area (Å²) in [6.45, 7) is 9.72. The van der Waals surface area contributed by atoms with Crippen LogP contribution in [0.3, 0.4) is 0 Å². The van der Waals surface area contributed by atoms with Crippen molar-refractivity contribution in [1.29, 1.82) is 0 Å². The van der Waals surface area contributed by atoms with Gasteiger partial charge in [0.05, 0.1) is 6.10 Å². The molecule has 2 amide bonds.